The first-order valence-corrected chi connectivity index (χ1v) is 11.8. The van der Waals surface area contributed by atoms with Gasteiger partial charge < -0.3 is 5.32 Å². The Morgan fingerprint density at radius 3 is 2.61 bits per heavy atom. The summed E-state index contributed by atoms with van der Waals surface area (Å²) in [6.45, 7) is 1.39. The highest BCUT2D eigenvalue weighted by molar-refractivity contribution is 7.92. The van der Waals surface area contributed by atoms with Crippen molar-refractivity contribution in [3.63, 3.8) is 0 Å². The zero-order valence-electron chi connectivity index (χ0n) is 17.6. The number of imide groups is 1. The van der Waals surface area contributed by atoms with Gasteiger partial charge in [0.2, 0.25) is 15.9 Å². The Hall–Kier alpha value is -3.80. The maximum atomic E-state index is 12.7. The van der Waals surface area contributed by atoms with Crippen LogP contribution in [0.15, 0.2) is 42.5 Å². The number of nitro benzene ring substituents is 1. The van der Waals surface area contributed by atoms with Crippen LogP contribution in [0.3, 0.4) is 0 Å². The van der Waals surface area contributed by atoms with Gasteiger partial charge in [-0.15, -0.1) is 0 Å². The van der Waals surface area contributed by atoms with Gasteiger partial charge in [0.05, 0.1) is 21.9 Å². The summed E-state index contributed by atoms with van der Waals surface area (Å²) in [5, 5.41) is 13.7. The molecule has 2 aliphatic rings. The molecule has 3 amide bonds. The van der Waals surface area contributed by atoms with Crippen LogP contribution in [0.4, 0.5) is 11.4 Å². The van der Waals surface area contributed by atoms with Gasteiger partial charge in [-0.25, -0.2) is 8.42 Å². The molecule has 0 fully saturated rings. The average Bonchev–Trinajstić information content (AvgIpc) is 3.33. The maximum absolute atomic E-state index is 12.7. The van der Waals surface area contributed by atoms with Crippen LogP contribution in [0, 0.1) is 10.1 Å². The molecule has 0 aliphatic carbocycles. The van der Waals surface area contributed by atoms with E-state index in [1.165, 1.54) is 23.4 Å². The molecule has 172 valence electrons. The van der Waals surface area contributed by atoms with E-state index in [9.17, 15) is 32.9 Å². The number of hydrogen-bond acceptors (Lipinski definition) is 7. The van der Waals surface area contributed by atoms with Gasteiger partial charge in [-0.2, -0.15) is 0 Å². The van der Waals surface area contributed by atoms with Gasteiger partial charge in [0, 0.05) is 19.2 Å². The molecule has 0 saturated heterocycles. The number of nitrogens with one attached hydrogen (secondary N) is 1. The van der Waals surface area contributed by atoms with Crippen LogP contribution in [0.2, 0.25) is 0 Å². The largest absolute Gasteiger partial charge is 0.353 e. The third kappa shape index (κ3) is 3.82. The van der Waals surface area contributed by atoms with E-state index in [0.29, 0.717) is 23.6 Å². The molecule has 2 aromatic rings. The molecule has 1 atom stereocenters. The lowest BCUT2D eigenvalue weighted by Crippen LogP contribution is -2.49. The van der Waals surface area contributed by atoms with E-state index >= 15 is 0 Å². The molecule has 2 aliphatic heterocycles. The standard InChI is InChI=1S/C21H20N4O7S/c1-13(24-20(27)15-6-4-8-17(25(29)30)18(15)21(24)28)19(26)22-10-12-33(31,32)23-11-9-14-5-2-3-7-16(14)23/h2-8,13H,9-12H2,1H3,(H,22,26). The fourth-order valence-electron chi connectivity index (χ4n) is 4.06. The third-order valence-corrected chi connectivity index (χ3v) is 7.50. The van der Waals surface area contributed by atoms with Gasteiger partial charge in [-0.1, -0.05) is 24.3 Å². The van der Waals surface area contributed by atoms with Gasteiger partial charge in [-0.05, 0) is 31.0 Å². The van der Waals surface area contributed by atoms with Crippen LogP contribution in [-0.2, 0) is 21.2 Å². The Labute approximate surface area is 189 Å². The Balaban J connectivity index is 1.42. The average molecular weight is 472 g/mol. The first-order valence-electron chi connectivity index (χ1n) is 10.1. The molecule has 11 nitrogen and oxygen atoms in total. The van der Waals surface area contributed by atoms with E-state index in [1.807, 2.05) is 12.1 Å². The molecule has 2 heterocycles. The van der Waals surface area contributed by atoms with Crippen molar-refractivity contribution in [3.8, 4) is 0 Å². The van der Waals surface area contributed by atoms with Crippen molar-refractivity contribution in [2.24, 2.45) is 0 Å². The summed E-state index contributed by atoms with van der Waals surface area (Å²) in [5.41, 5.74) is 0.521. The predicted octanol–water partition coefficient (Wildman–Crippen LogP) is 1.09. The Bertz CT molecular complexity index is 1290. The normalized spacial score (nSPS) is 15.9. The van der Waals surface area contributed by atoms with E-state index < -0.39 is 44.4 Å². The molecule has 0 saturated carbocycles. The predicted molar refractivity (Wildman–Crippen MR) is 117 cm³/mol. The highest BCUT2D eigenvalue weighted by Crippen LogP contribution is 2.32. The number of anilines is 1. The summed E-state index contributed by atoms with van der Waals surface area (Å²) >= 11 is 0. The Morgan fingerprint density at radius 1 is 1.15 bits per heavy atom. The number of amides is 3. The van der Waals surface area contributed by atoms with Crippen molar-refractivity contribution in [1.29, 1.82) is 0 Å². The highest BCUT2D eigenvalue weighted by Gasteiger charge is 2.44. The Morgan fingerprint density at radius 2 is 1.88 bits per heavy atom. The van der Waals surface area contributed by atoms with Gasteiger partial charge in [0.25, 0.3) is 17.5 Å². The number of carbonyl (C=O) groups is 3. The van der Waals surface area contributed by atoms with Crippen LogP contribution >= 0.6 is 0 Å². The van der Waals surface area contributed by atoms with Crippen LogP contribution in [0.1, 0.15) is 33.2 Å². The smallest absolute Gasteiger partial charge is 0.282 e. The van der Waals surface area contributed by atoms with E-state index in [1.54, 1.807) is 12.1 Å². The monoisotopic (exact) mass is 472 g/mol. The minimum absolute atomic E-state index is 0.149. The first kappa shape index (κ1) is 22.4. The Kier molecular flexibility index (Phi) is 5.62. The van der Waals surface area contributed by atoms with Crippen molar-refractivity contribution in [3.05, 3.63) is 69.3 Å². The second-order valence-electron chi connectivity index (χ2n) is 7.67. The first-order chi connectivity index (χ1) is 15.6. The van der Waals surface area contributed by atoms with Crippen LogP contribution in [0.5, 0.6) is 0 Å². The molecule has 0 aromatic heterocycles. The zero-order chi connectivity index (χ0) is 23.9. The van der Waals surface area contributed by atoms with Gasteiger partial charge in [-0.3, -0.25) is 33.7 Å². The van der Waals surface area contributed by atoms with Crippen LogP contribution < -0.4 is 9.62 Å². The second-order valence-corrected chi connectivity index (χ2v) is 9.68. The summed E-state index contributed by atoms with van der Waals surface area (Å²) in [6.07, 6.45) is 0.602. The molecule has 12 heteroatoms. The van der Waals surface area contributed by atoms with E-state index in [2.05, 4.69) is 5.32 Å². The molecule has 1 N–H and O–H groups in total. The molecule has 1 unspecified atom stereocenters. The van der Waals surface area contributed by atoms with Crippen molar-refractivity contribution in [2.75, 3.05) is 23.1 Å². The number of benzene rings is 2. The fourth-order valence-corrected chi connectivity index (χ4v) is 5.49. The minimum Gasteiger partial charge on any atom is -0.353 e. The van der Waals surface area contributed by atoms with Crippen LogP contribution in [-0.4, -0.2) is 60.8 Å². The van der Waals surface area contributed by atoms with E-state index in [-0.39, 0.29) is 23.4 Å². The number of para-hydroxylation sites is 1. The van der Waals surface area contributed by atoms with E-state index in [4.69, 9.17) is 0 Å². The van der Waals surface area contributed by atoms with Crippen molar-refractivity contribution >= 4 is 39.1 Å². The summed E-state index contributed by atoms with van der Waals surface area (Å²) in [4.78, 5) is 49.1. The topological polar surface area (TPSA) is 147 Å². The van der Waals surface area contributed by atoms with Crippen molar-refractivity contribution in [1.82, 2.24) is 10.2 Å². The summed E-state index contributed by atoms with van der Waals surface area (Å²) in [5.74, 6) is -2.87. The number of sulfonamides is 1. The third-order valence-electron chi connectivity index (χ3n) is 5.73. The summed E-state index contributed by atoms with van der Waals surface area (Å²) in [6, 6.07) is 9.58. The quantitative estimate of drug-likeness (QED) is 0.360. The molecule has 0 bridgehead atoms. The van der Waals surface area contributed by atoms with Crippen LogP contribution in [0.25, 0.3) is 0 Å². The number of fused-ring (bicyclic) bond motifs is 2. The number of nitro groups is 1. The van der Waals surface area contributed by atoms with E-state index in [0.717, 1.165) is 11.6 Å². The number of carbonyl (C=O) groups excluding carboxylic acids is 3. The van der Waals surface area contributed by atoms with Crippen molar-refractivity contribution in [2.45, 2.75) is 19.4 Å². The van der Waals surface area contributed by atoms with Gasteiger partial charge >= 0.3 is 0 Å². The van der Waals surface area contributed by atoms with Gasteiger partial charge in [0.15, 0.2) is 0 Å². The highest BCUT2D eigenvalue weighted by atomic mass is 32.2. The number of rotatable bonds is 7. The zero-order valence-corrected chi connectivity index (χ0v) is 18.4. The summed E-state index contributed by atoms with van der Waals surface area (Å²) in [7, 11) is -3.70. The fraction of sp³-hybridized carbons (Fsp3) is 0.286. The number of nitrogens with zero attached hydrogens (tertiary/aromatic N) is 3. The molecule has 0 spiro atoms. The minimum atomic E-state index is -3.70. The lowest BCUT2D eigenvalue weighted by molar-refractivity contribution is -0.385. The summed E-state index contributed by atoms with van der Waals surface area (Å²) < 4.78 is 26.8. The molecule has 4 rings (SSSR count). The molecule has 0 radical (unpaired) electrons. The number of hydrogen-bond donors (Lipinski definition) is 1. The lowest BCUT2D eigenvalue weighted by atomic mass is 10.1. The molecule has 2 aromatic carbocycles. The SMILES string of the molecule is CC(C(=O)NCCS(=O)(=O)N1CCc2ccccc21)N1C(=O)c2cccc([N+](=O)[O-])c2C1=O. The van der Waals surface area contributed by atoms with Gasteiger partial charge in [0.1, 0.15) is 11.6 Å². The second kappa shape index (κ2) is 8.28. The maximum Gasteiger partial charge on any atom is 0.282 e. The lowest BCUT2D eigenvalue weighted by Gasteiger charge is -2.22. The van der Waals surface area contributed by atoms with Crippen molar-refractivity contribution < 1.29 is 27.7 Å². The molecular formula is C21H20N4O7S. The molecule has 33 heavy (non-hydrogen) atoms. The molecular weight excluding hydrogens is 452 g/mol.